The number of piperidine rings is 3. The average Bonchev–Trinajstić information content (AvgIpc) is 3.26. The van der Waals surface area contributed by atoms with Crippen molar-refractivity contribution in [2.45, 2.75) is 43.1 Å². The number of aliphatic carboxylic acids is 1. The number of aliphatic hydroxyl groups is 1. The first-order chi connectivity index (χ1) is 28.7. The second kappa shape index (κ2) is 17.3. The predicted molar refractivity (Wildman–Crippen MR) is 223 cm³/mol. The van der Waals surface area contributed by atoms with Gasteiger partial charge < -0.3 is 40.4 Å². The van der Waals surface area contributed by atoms with Crippen molar-refractivity contribution in [1.29, 1.82) is 0 Å². The summed E-state index contributed by atoms with van der Waals surface area (Å²) in [5, 5.41) is 38.4. The lowest BCUT2D eigenvalue weighted by Gasteiger charge is -2.43. The number of aliphatic hydroxyl groups excluding tert-OH is 1. The topological polar surface area (TPSA) is 173 Å². The van der Waals surface area contributed by atoms with Gasteiger partial charge in [-0.05, 0) is 83.9 Å². The Bertz CT molecular complexity index is 2410. The highest BCUT2D eigenvalue weighted by Gasteiger charge is 2.37. The van der Waals surface area contributed by atoms with Crippen molar-refractivity contribution in [3.05, 3.63) is 166 Å². The molecule has 2 bridgehead atoms. The zero-order chi connectivity index (χ0) is 40.9. The molecule has 1 unspecified atom stereocenters. The SMILES string of the molecule is O=C(NC(c1ccccc1)c1cccc(OCC2(c3ccccc3CNC[C@H](O)c3ccc(O)c4[nH]c(=O)ccc34)C=CC(C(=O)O)C=C2)c1)O[C@H]1CN2CCC1CC2. The normalized spacial score (nSPS) is 23.1. The standard InChI is InChI=1S/C47H48N4O8/c52-39-15-13-36(37-14-16-42(54)49-44(37)39)40(53)27-48-26-34-9-4-5-12-38(34)47(21-17-32(18-22-47)45(55)56)29-58-35-11-6-10-33(25-35)43(31-7-2-1-3-8-31)50-46(57)59-41-28-51-23-19-30(41)20-24-51/h1-18,21-22,25,30,32,40-41,43,48,52-53H,19-20,23-24,26-29H2,(H,49,54)(H,50,57)(H,55,56)/t32?,40-,41-,43?,47?/m0/s1. The maximum atomic E-state index is 13.4. The Kier molecular flexibility index (Phi) is 11.6. The van der Waals surface area contributed by atoms with Crippen LogP contribution < -0.4 is 20.9 Å². The van der Waals surface area contributed by atoms with E-state index in [9.17, 15) is 29.7 Å². The van der Waals surface area contributed by atoms with Crippen molar-refractivity contribution in [1.82, 2.24) is 20.5 Å². The van der Waals surface area contributed by atoms with Crippen LogP contribution in [0.1, 0.15) is 52.8 Å². The third-order valence-corrected chi connectivity index (χ3v) is 11.8. The lowest BCUT2D eigenvalue weighted by atomic mass is 9.74. The molecule has 59 heavy (non-hydrogen) atoms. The first-order valence-electron chi connectivity index (χ1n) is 20.1. The van der Waals surface area contributed by atoms with Gasteiger partial charge in [-0.25, -0.2) is 4.79 Å². The Morgan fingerprint density at radius 1 is 0.898 bits per heavy atom. The van der Waals surface area contributed by atoms with E-state index in [4.69, 9.17) is 9.47 Å². The van der Waals surface area contributed by atoms with E-state index in [0.717, 1.165) is 54.7 Å². The number of carboxylic acids is 1. The van der Waals surface area contributed by atoms with Crippen LogP contribution in [0.2, 0.25) is 0 Å². The van der Waals surface area contributed by atoms with Crippen molar-refractivity contribution < 1.29 is 34.4 Å². The molecular formula is C47H48N4O8. The van der Waals surface area contributed by atoms with E-state index in [0.29, 0.717) is 29.2 Å². The Morgan fingerprint density at radius 3 is 2.39 bits per heavy atom. The second-order valence-corrected chi connectivity index (χ2v) is 15.6. The molecule has 5 aromatic rings. The van der Waals surface area contributed by atoms with Gasteiger partial charge in [-0.3, -0.25) is 14.5 Å². The fraction of sp³-hybridized carbons (Fsp3) is 0.298. The maximum Gasteiger partial charge on any atom is 0.408 e. The average molecular weight is 797 g/mol. The summed E-state index contributed by atoms with van der Waals surface area (Å²) in [5.74, 6) is -0.882. The molecule has 3 atom stereocenters. The van der Waals surface area contributed by atoms with Crippen LogP contribution in [-0.4, -0.2) is 76.2 Å². The number of ether oxygens (including phenoxy) is 2. The summed E-state index contributed by atoms with van der Waals surface area (Å²) < 4.78 is 12.6. The molecule has 3 fully saturated rings. The molecule has 6 N–H and O–H groups in total. The fourth-order valence-electron chi connectivity index (χ4n) is 8.65. The number of rotatable bonds is 14. The molecule has 9 rings (SSSR count). The summed E-state index contributed by atoms with van der Waals surface area (Å²) in [6.07, 6.45) is 7.64. The van der Waals surface area contributed by atoms with E-state index in [2.05, 4.69) is 20.5 Å². The number of hydrogen-bond acceptors (Lipinski definition) is 9. The molecule has 3 aliphatic heterocycles. The number of aromatic nitrogens is 1. The van der Waals surface area contributed by atoms with E-state index in [1.807, 2.05) is 91.0 Å². The molecule has 1 amide bonds. The minimum atomic E-state index is -0.957. The van der Waals surface area contributed by atoms with Crippen LogP contribution >= 0.6 is 0 Å². The number of nitrogens with one attached hydrogen (secondary N) is 3. The Labute approximate surface area is 341 Å². The third kappa shape index (κ3) is 8.80. The number of carbonyl (C=O) groups excluding carboxylic acids is 1. The highest BCUT2D eigenvalue weighted by molar-refractivity contribution is 5.87. The van der Waals surface area contributed by atoms with Gasteiger partial charge in [-0.15, -0.1) is 0 Å². The number of H-pyrrole nitrogens is 1. The zero-order valence-electron chi connectivity index (χ0n) is 32.5. The van der Waals surface area contributed by atoms with Gasteiger partial charge in [0.2, 0.25) is 5.56 Å². The Hall–Kier alpha value is -6.21. The predicted octanol–water partition coefficient (Wildman–Crippen LogP) is 6.11. The molecule has 1 aliphatic carbocycles. The van der Waals surface area contributed by atoms with E-state index < -0.39 is 35.5 Å². The van der Waals surface area contributed by atoms with E-state index >= 15 is 0 Å². The highest BCUT2D eigenvalue weighted by Crippen LogP contribution is 2.37. The zero-order valence-corrected chi connectivity index (χ0v) is 32.5. The van der Waals surface area contributed by atoms with Crippen LogP contribution in [0, 0.1) is 11.8 Å². The van der Waals surface area contributed by atoms with Crippen molar-refractivity contribution in [2.75, 3.05) is 32.8 Å². The molecule has 1 aromatic heterocycles. The number of amides is 1. The molecule has 304 valence electrons. The Morgan fingerprint density at radius 2 is 1.64 bits per heavy atom. The number of nitrogens with zero attached hydrogens (tertiary/aromatic N) is 1. The molecule has 12 nitrogen and oxygen atoms in total. The van der Waals surface area contributed by atoms with Gasteiger partial charge >= 0.3 is 12.1 Å². The molecule has 0 radical (unpaired) electrons. The van der Waals surface area contributed by atoms with Crippen LogP contribution in [0.4, 0.5) is 4.79 Å². The smallest absolute Gasteiger partial charge is 0.408 e. The summed E-state index contributed by atoms with van der Waals surface area (Å²) in [7, 11) is 0. The van der Waals surface area contributed by atoms with Crippen LogP contribution in [0.15, 0.2) is 132 Å². The molecule has 12 heteroatoms. The number of carboxylic acid groups (broad SMARTS) is 1. The highest BCUT2D eigenvalue weighted by atomic mass is 16.6. The number of phenols is 1. The number of carbonyl (C=O) groups is 2. The van der Waals surface area contributed by atoms with Crippen molar-refractivity contribution in [3.8, 4) is 11.5 Å². The first kappa shape index (κ1) is 39.6. The minimum Gasteiger partial charge on any atom is -0.506 e. The third-order valence-electron chi connectivity index (χ3n) is 11.8. The van der Waals surface area contributed by atoms with Gasteiger partial charge in [0, 0.05) is 31.1 Å². The van der Waals surface area contributed by atoms with Crippen LogP contribution in [0.3, 0.4) is 0 Å². The summed E-state index contributed by atoms with van der Waals surface area (Å²) in [4.78, 5) is 42.3. The molecule has 4 heterocycles. The number of hydrogen-bond donors (Lipinski definition) is 6. The lowest BCUT2D eigenvalue weighted by Crippen LogP contribution is -2.52. The maximum absolute atomic E-state index is 13.4. The second-order valence-electron chi connectivity index (χ2n) is 15.6. The summed E-state index contributed by atoms with van der Waals surface area (Å²) in [6.45, 7) is 3.53. The quantitative estimate of drug-likeness (QED) is 0.0721. The summed E-state index contributed by atoms with van der Waals surface area (Å²) in [5.41, 5.74) is 3.11. The van der Waals surface area contributed by atoms with Gasteiger partial charge in [0.05, 0.1) is 29.0 Å². The van der Waals surface area contributed by atoms with Gasteiger partial charge in [-0.2, -0.15) is 0 Å². The molecular weight excluding hydrogens is 749 g/mol. The molecule has 4 aliphatic rings. The largest absolute Gasteiger partial charge is 0.506 e. The van der Waals surface area contributed by atoms with Crippen molar-refractivity contribution in [3.63, 3.8) is 0 Å². The molecule has 3 saturated heterocycles. The van der Waals surface area contributed by atoms with E-state index in [1.54, 1.807) is 24.3 Å². The number of alkyl carbamates (subject to hydrolysis) is 1. The molecule has 0 saturated carbocycles. The summed E-state index contributed by atoms with van der Waals surface area (Å²) >= 11 is 0. The fourth-order valence-corrected chi connectivity index (χ4v) is 8.65. The lowest BCUT2D eigenvalue weighted by molar-refractivity contribution is -0.138. The number of benzene rings is 4. The first-order valence-corrected chi connectivity index (χ1v) is 20.1. The molecule has 4 aromatic carbocycles. The van der Waals surface area contributed by atoms with E-state index in [1.165, 1.54) is 12.1 Å². The van der Waals surface area contributed by atoms with Gasteiger partial charge in [-0.1, -0.05) is 97.1 Å². The number of aromatic amines is 1. The van der Waals surface area contributed by atoms with Gasteiger partial charge in [0.1, 0.15) is 24.2 Å². The number of fused-ring (bicyclic) bond motifs is 4. The van der Waals surface area contributed by atoms with E-state index in [-0.39, 0.29) is 36.1 Å². The van der Waals surface area contributed by atoms with Gasteiger partial charge in [0.15, 0.2) is 0 Å². The van der Waals surface area contributed by atoms with Crippen LogP contribution in [0.5, 0.6) is 11.5 Å². The number of aromatic hydroxyl groups is 1. The van der Waals surface area contributed by atoms with Crippen molar-refractivity contribution in [2.24, 2.45) is 11.8 Å². The minimum absolute atomic E-state index is 0.0826. The number of pyridine rings is 1. The van der Waals surface area contributed by atoms with Gasteiger partial charge in [0.25, 0.3) is 0 Å². The van der Waals surface area contributed by atoms with Crippen LogP contribution in [-0.2, 0) is 21.5 Å². The molecule has 0 spiro atoms. The monoisotopic (exact) mass is 796 g/mol. The van der Waals surface area contributed by atoms with Crippen molar-refractivity contribution >= 4 is 23.0 Å². The Balaban J connectivity index is 1.01. The number of phenolic OH excluding ortho intramolecular Hbond substituents is 1. The van der Waals surface area contributed by atoms with Crippen LogP contribution in [0.25, 0.3) is 10.9 Å². The summed E-state index contributed by atoms with van der Waals surface area (Å²) in [6, 6.07) is 30.7.